The number of aliphatic hydroxyl groups is 1. The molecule has 172 valence electrons. The van der Waals surface area contributed by atoms with Gasteiger partial charge in [0.15, 0.2) is 5.76 Å². The third-order valence-electron chi connectivity index (χ3n) is 7.27. The number of ether oxygens (including phenoxy) is 2. The maximum atomic E-state index is 13.6. The van der Waals surface area contributed by atoms with Crippen molar-refractivity contribution < 1.29 is 28.3 Å². The Balaban J connectivity index is 1.36. The van der Waals surface area contributed by atoms with E-state index in [0.29, 0.717) is 22.6 Å². The van der Waals surface area contributed by atoms with Crippen LogP contribution >= 0.6 is 0 Å². The molecule has 0 radical (unpaired) electrons. The quantitative estimate of drug-likeness (QED) is 0.415. The zero-order valence-corrected chi connectivity index (χ0v) is 18.6. The average molecular weight is 449 g/mol. The van der Waals surface area contributed by atoms with Crippen LogP contribution in [0.2, 0.25) is 0 Å². The predicted octanol–water partition coefficient (Wildman–Crippen LogP) is 4.09. The number of carbonyl (C=O) groups excluding carboxylic acids is 1. The van der Waals surface area contributed by atoms with E-state index in [1.54, 1.807) is 36.4 Å². The van der Waals surface area contributed by atoms with Crippen molar-refractivity contribution in [3.8, 4) is 5.75 Å². The summed E-state index contributed by atoms with van der Waals surface area (Å²) in [5.41, 5.74) is -1.56. The van der Waals surface area contributed by atoms with E-state index in [1.807, 2.05) is 36.4 Å². The van der Waals surface area contributed by atoms with Gasteiger partial charge in [0.1, 0.15) is 18.9 Å². The Kier molecular flexibility index (Phi) is 5.96. The Hall–Kier alpha value is -3.09. The molecule has 3 fully saturated rings. The third kappa shape index (κ3) is 4.16. The van der Waals surface area contributed by atoms with Crippen LogP contribution in [0.15, 0.2) is 83.5 Å². The smallest absolute Gasteiger partial charge is 0.355 e. The van der Waals surface area contributed by atoms with Crippen molar-refractivity contribution in [3.05, 3.63) is 90.4 Å². The van der Waals surface area contributed by atoms with Crippen molar-refractivity contribution in [3.63, 3.8) is 0 Å². The molecule has 2 unspecified atom stereocenters. The van der Waals surface area contributed by atoms with Gasteiger partial charge in [0.05, 0.1) is 19.4 Å². The van der Waals surface area contributed by atoms with Gasteiger partial charge in [-0.25, -0.2) is 4.79 Å². The highest BCUT2D eigenvalue weighted by atomic mass is 16.6. The van der Waals surface area contributed by atoms with Gasteiger partial charge < -0.3 is 19.0 Å². The number of hydrogen-bond donors (Lipinski definition) is 1. The molecular formula is C27H30NO5+. The van der Waals surface area contributed by atoms with Gasteiger partial charge in [0.2, 0.25) is 11.8 Å². The molecule has 6 nitrogen and oxygen atoms in total. The first-order chi connectivity index (χ1) is 16.1. The highest BCUT2D eigenvalue weighted by Gasteiger charge is 2.53. The fourth-order valence-electron chi connectivity index (χ4n) is 5.29. The molecule has 1 aromatic heterocycles. The van der Waals surface area contributed by atoms with Gasteiger partial charge in [-0.05, 0) is 30.2 Å². The Labute approximate surface area is 193 Å². The molecule has 6 rings (SSSR count). The Bertz CT molecular complexity index is 1040. The predicted molar refractivity (Wildman–Crippen MR) is 122 cm³/mol. The Morgan fingerprint density at radius 3 is 2.36 bits per heavy atom. The van der Waals surface area contributed by atoms with Crippen LogP contribution in [0.4, 0.5) is 0 Å². The first-order valence-corrected chi connectivity index (χ1v) is 11.7. The summed E-state index contributed by atoms with van der Waals surface area (Å²) < 4.78 is 18.3. The molecule has 0 spiro atoms. The SMILES string of the molecule is O=C(OC1CC2CC[N+]1(CCOc1ccccc1)CC2)C(O)(c1ccccc1)c1ccco1. The van der Waals surface area contributed by atoms with Gasteiger partial charge in [-0.2, -0.15) is 0 Å². The number of para-hydroxylation sites is 1. The van der Waals surface area contributed by atoms with E-state index < -0.39 is 11.6 Å². The largest absolute Gasteiger partial charge is 0.488 e. The lowest BCUT2D eigenvalue weighted by Crippen LogP contribution is -2.66. The van der Waals surface area contributed by atoms with Crippen LogP contribution in [0, 0.1) is 5.92 Å². The molecule has 3 aromatic rings. The molecule has 0 amide bonds. The second-order valence-electron chi connectivity index (χ2n) is 9.14. The Morgan fingerprint density at radius 2 is 1.70 bits per heavy atom. The van der Waals surface area contributed by atoms with E-state index in [4.69, 9.17) is 13.9 Å². The number of benzene rings is 2. The summed E-state index contributed by atoms with van der Waals surface area (Å²) in [6.45, 7) is 3.20. The van der Waals surface area contributed by atoms with Crippen molar-refractivity contribution in [1.29, 1.82) is 0 Å². The monoisotopic (exact) mass is 448 g/mol. The van der Waals surface area contributed by atoms with Gasteiger partial charge in [0.25, 0.3) is 0 Å². The Morgan fingerprint density at radius 1 is 1.00 bits per heavy atom. The number of furan rings is 1. The third-order valence-corrected chi connectivity index (χ3v) is 7.27. The zero-order valence-electron chi connectivity index (χ0n) is 18.6. The molecule has 2 bridgehead atoms. The van der Waals surface area contributed by atoms with Gasteiger partial charge in [-0.15, -0.1) is 0 Å². The molecule has 0 aliphatic carbocycles. The maximum Gasteiger partial charge on any atom is 0.355 e. The average Bonchev–Trinajstić information content (AvgIpc) is 3.41. The standard InChI is InChI=1S/C27H30NO5/c29-26(27(30,24-12-7-18-32-24)22-8-3-1-4-9-22)33-25-20-21-13-15-28(25,16-14-21)17-19-31-23-10-5-2-6-11-23/h1-12,18,21,25,30H,13-17,19-20H2/q+1. The molecular weight excluding hydrogens is 418 g/mol. The molecule has 4 heterocycles. The second kappa shape index (κ2) is 9.04. The molecule has 1 N–H and O–H groups in total. The second-order valence-corrected chi connectivity index (χ2v) is 9.14. The highest BCUT2D eigenvalue weighted by molar-refractivity contribution is 5.84. The minimum atomic E-state index is -1.99. The van der Waals surface area contributed by atoms with Crippen LogP contribution in [-0.2, 0) is 15.1 Å². The summed E-state index contributed by atoms with van der Waals surface area (Å²) in [6.07, 6.45) is 4.20. The van der Waals surface area contributed by atoms with Crippen molar-refractivity contribution in [1.82, 2.24) is 0 Å². The number of piperidine rings is 3. The van der Waals surface area contributed by atoms with E-state index in [9.17, 15) is 9.90 Å². The van der Waals surface area contributed by atoms with Gasteiger partial charge in [-0.3, -0.25) is 4.48 Å². The normalized spacial score (nSPS) is 25.8. The van der Waals surface area contributed by atoms with Crippen molar-refractivity contribution in [2.24, 2.45) is 5.92 Å². The summed E-state index contributed by atoms with van der Waals surface area (Å²) in [5, 5.41) is 11.6. The van der Waals surface area contributed by atoms with E-state index in [0.717, 1.165) is 44.6 Å². The molecule has 3 saturated heterocycles. The van der Waals surface area contributed by atoms with Gasteiger partial charge in [0, 0.05) is 24.8 Å². The van der Waals surface area contributed by atoms with Gasteiger partial charge >= 0.3 is 5.97 Å². The summed E-state index contributed by atoms with van der Waals surface area (Å²) in [5.74, 6) is 0.856. The van der Waals surface area contributed by atoms with Crippen LogP contribution < -0.4 is 4.74 Å². The van der Waals surface area contributed by atoms with Crippen LogP contribution in [0.1, 0.15) is 30.6 Å². The number of rotatable bonds is 8. The number of esters is 1. The zero-order chi connectivity index (χ0) is 22.7. The van der Waals surface area contributed by atoms with Crippen LogP contribution in [-0.4, -0.2) is 48.0 Å². The highest BCUT2D eigenvalue weighted by Crippen LogP contribution is 2.41. The fraction of sp³-hybridized carbons (Fsp3) is 0.370. The number of nitrogens with zero attached hydrogens (tertiary/aromatic N) is 1. The fourth-order valence-corrected chi connectivity index (χ4v) is 5.29. The maximum absolute atomic E-state index is 13.6. The molecule has 3 aliphatic rings. The molecule has 33 heavy (non-hydrogen) atoms. The number of hydrogen-bond acceptors (Lipinski definition) is 5. The number of fused-ring (bicyclic) bond motifs is 3. The van der Waals surface area contributed by atoms with E-state index in [1.165, 1.54) is 6.26 Å². The van der Waals surface area contributed by atoms with Crippen molar-refractivity contribution in [2.75, 3.05) is 26.2 Å². The first kappa shape index (κ1) is 21.7. The van der Waals surface area contributed by atoms with Crippen LogP contribution in [0.25, 0.3) is 0 Å². The lowest BCUT2D eigenvalue weighted by Gasteiger charge is -2.53. The molecule has 2 atom stereocenters. The van der Waals surface area contributed by atoms with E-state index in [2.05, 4.69) is 0 Å². The first-order valence-electron chi connectivity index (χ1n) is 11.7. The minimum absolute atomic E-state index is 0.161. The lowest BCUT2D eigenvalue weighted by atomic mass is 9.84. The van der Waals surface area contributed by atoms with Crippen LogP contribution in [0.3, 0.4) is 0 Å². The summed E-state index contributed by atoms with van der Waals surface area (Å²) in [7, 11) is 0. The molecule has 6 heteroatoms. The lowest BCUT2D eigenvalue weighted by molar-refractivity contribution is -0.984. The summed E-state index contributed by atoms with van der Waals surface area (Å²) >= 11 is 0. The summed E-state index contributed by atoms with van der Waals surface area (Å²) in [6, 6.07) is 21.9. The van der Waals surface area contributed by atoms with Crippen molar-refractivity contribution >= 4 is 5.97 Å². The van der Waals surface area contributed by atoms with Crippen molar-refractivity contribution in [2.45, 2.75) is 31.1 Å². The van der Waals surface area contributed by atoms with E-state index >= 15 is 0 Å². The molecule has 0 saturated carbocycles. The minimum Gasteiger partial charge on any atom is -0.488 e. The number of carbonyl (C=O) groups is 1. The summed E-state index contributed by atoms with van der Waals surface area (Å²) in [4.78, 5) is 13.6. The number of quaternary nitrogens is 1. The van der Waals surface area contributed by atoms with Crippen LogP contribution in [0.5, 0.6) is 5.75 Å². The van der Waals surface area contributed by atoms with E-state index in [-0.39, 0.29) is 12.0 Å². The molecule has 3 aliphatic heterocycles. The topological polar surface area (TPSA) is 68.9 Å². The molecule has 2 aromatic carbocycles. The van der Waals surface area contributed by atoms with Gasteiger partial charge in [-0.1, -0.05) is 48.5 Å².